The molecule has 0 atom stereocenters. The zero-order valence-electron chi connectivity index (χ0n) is 18.5. The molecule has 9 heteroatoms. The maximum atomic E-state index is 13.6. The summed E-state index contributed by atoms with van der Waals surface area (Å²) >= 11 is 0. The van der Waals surface area contributed by atoms with E-state index in [1.807, 2.05) is 28.9 Å². The van der Waals surface area contributed by atoms with Crippen LogP contribution < -0.4 is 15.0 Å². The fourth-order valence-electron chi connectivity index (χ4n) is 4.67. The molecule has 0 spiro atoms. The van der Waals surface area contributed by atoms with Gasteiger partial charge in [0.15, 0.2) is 0 Å². The molecule has 0 saturated heterocycles. The molecule has 1 N–H and O–H groups in total. The second-order valence-corrected chi connectivity index (χ2v) is 10.8. The molecule has 2 aliphatic carbocycles. The molecule has 2 aromatic carbocycles. The van der Waals surface area contributed by atoms with Gasteiger partial charge in [0.2, 0.25) is 10.0 Å². The summed E-state index contributed by atoms with van der Waals surface area (Å²) in [6, 6.07) is 12.3. The van der Waals surface area contributed by atoms with Crippen LogP contribution in [0, 0.1) is 0 Å². The normalized spacial score (nSPS) is 17.2. The first kappa shape index (κ1) is 21.8. The monoisotopic (exact) mass is 469 g/mol. The second kappa shape index (κ2) is 8.37. The molecule has 174 valence electrons. The average Bonchev–Trinajstić information content (AvgIpc) is 3.65. The third-order valence-electron chi connectivity index (χ3n) is 6.58. The van der Waals surface area contributed by atoms with E-state index in [4.69, 9.17) is 4.74 Å². The lowest BCUT2D eigenvalue weighted by molar-refractivity contribution is 0.0981. The lowest BCUT2D eigenvalue weighted by Crippen LogP contribution is -2.33. The Kier molecular flexibility index (Phi) is 5.52. The van der Waals surface area contributed by atoms with Crippen molar-refractivity contribution in [3.63, 3.8) is 0 Å². The van der Waals surface area contributed by atoms with Gasteiger partial charge in [0, 0.05) is 5.56 Å². The van der Waals surface area contributed by atoms with E-state index in [9.17, 15) is 18.0 Å². The number of fused-ring (bicyclic) bond motifs is 1. The number of benzene rings is 2. The van der Waals surface area contributed by atoms with E-state index < -0.39 is 21.2 Å². The molecule has 1 amide bonds. The molecule has 2 fully saturated rings. The third-order valence-corrected chi connectivity index (χ3v) is 8.40. The minimum atomic E-state index is -3.67. The third kappa shape index (κ3) is 4.06. The summed E-state index contributed by atoms with van der Waals surface area (Å²) in [7, 11) is -2.07. The number of hydrogen-bond acceptors (Lipinski definition) is 5. The first-order chi connectivity index (χ1) is 15.9. The van der Waals surface area contributed by atoms with E-state index in [1.54, 1.807) is 23.9 Å². The van der Waals surface area contributed by atoms with E-state index in [2.05, 4.69) is 4.72 Å². The molecule has 2 saturated carbocycles. The molecular formula is C24H27N3O5S. The highest BCUT2D eigenvalue weighted by Crippen LogP contribution is 2.32. The van der Waals surface area contributed by atoms with Crippen molar-refractivity contribution in [2.24, 2.45) is 0 Å². The Bertz CT molecular complexity index is 1360. The largest absolute Gasteiger partial charge is 0.497 e. The molecule has 3 aromatic rings. The highest BCUT2D eigenvalue weighted by Gasteiger charge is 2.37. The number of aromatic nitrogens is 2. The Balaban J connectivity index is 1.62. The van der Waals surface area contributed by atoms with Crippen LogP contribution in [0.15, 0.2) is 47.3 Å². The Morgan fingerprint density at radius 1 is 1.00 bits per heavy atom. The van der Waals surface area contributed by atoms with Crippen molar-refractivity contribution >= 4 is 26.8 Å². The van der Waals surface area contributed by atoms with Crippen molar-refractivity contribution in [1.29, 1.82) is 0 Å². The summed E-state index contributed by atoms with van der Waals surface area (Å²) in [6.07, 6.45) is 6.46. The number of nitrogens with zero attached hydrogens (tertiary/aromatic N) is 2. The summed E-state index contributed by atoms with van der Waals surface area (Å²) in [4.78, 5) is 26.2. The van der Waals surface area contributed by atoms with Crippen LogP contribution in [0.1, 0.15) is 61.3 Å². The Morgan fingerprint density at radius 3 is 2.33 bits per heavy atom. The smallest absolute Gasteiger partial charge is 0.279 e. The van der Waals surface area contributed by atoms with Gasteiger partial charge < -0.3 is 4.74 Å². The zero-order chi connectivity index (χ0) is 23.2. The molecule has 1 heterocycles. The predicted octanol–water partition coefficient (Wildman–Crippen LogP) is 3.53. The maximum absolute atomic E-state index is 13.6. The van der Waals surface area contributed by atoms with Crippen LogP contribution in [0.5, 0.6) is 5.75 Å². The highest BCUT2D eigenvalue weighted by atomic mass is 32.2. The van der Waals surface area contributed by atoms with Gasteiger partial charge >= 0.3 is 0 Å². The van der Waals surface area contributed by atoms with Gasteiger partial charge in [-0.2, -0.15) is 0 Å². The van der Waals surface area contributed by atoms with Crippen molar-refractivity contribution in [3.8, 4) is 11.4 Å². The Labute approximate surface area is 192 Å². The minimum Gasteiger partial charge on any atom is -0.497 e. The molecule has 8 nitrogen and oxygen atoms in total. The van der Waals surface area contributed by atoms with Gasteiger partial charge in [-0.05, 0) is 68.1 Å². The molecule has 0 aliphatic heterocycles. The summed E-state index contributed by atoms with van der Waals surface area (Å²) < 4.78 is 35.5. The van der Waals surface area contributed by atoms with E-state index in [0.29, 0.717) is 29.7 Å². The first-order valence-electron chi connectivity index (χ1n) is 11.4. The van der Waals surface area contributed by atoms with E-state index >= 15 is 0 Å². The predicted molar refractivity (Wildman–Crippen MR) is 126 cm³/mol. The molecular weight excluding hydrogens is 442 g/mol. The van der Waals surface area contributed by atoms with Gasteiger partial charge in [-0.3, -0.25) is 14.3 Å². The fourth-order valence-corrected chi connectivity index (χ4v) is 5.97. The fraction of sp³-hybridized carbons (Fsp3) is 0.417. The van der Waals surface area contributed by atoms with E-state index in [-0.39, 0.29) is 17.2 Å². The van der Waals surface area contributed by atoms with Crippen molar-refractivity contribution in [2.75, 3.05) is 7.11 Å². The molecule has 0 radical (unpaired) electrons. The zero-order valence-corrected chi connectivity index (χ0v) is 19.3. The van der Waals surface area contributed by atoms with Crippen molar-refractivity contribution in [3.05, 3.63) is 58.4 Å². The quantitative estimate of drug-likeness (QED) is 0.595. The number of hydrogen-bond donors (Lipinski definition) is 1. The average molecular weight is 470 g/mol. The number of carbonyl (C=O) groups is 1. The topological polar surface area (TPSA) is 99.4 Å². The van der Waals surface area contributed by atoms with Gasteiger partial charge in [-0.25, -0.2) is 17.8 Å². The first-order valence-corrected chi connectivity index (χ1v) is 12.9. The molecule has 1 aromatic heterocycles. The summed E-state index contributed by atoms with van der Waals surface area (Å²) in [6.45, 7) is 0. The van der Waals surface area contributed by atoms with Gasteiger partial charge in [-0.15, -0.1) is 0 Å². The number of amides is 1. The van der Waals surface area contributed by atoms with Gasteiger partial charge in [0.05, 0.1) is 35.0 Å². The number of sulfonamides is 1. The van der Waals surface area contributed by atoms with Crippen LogP contribution in [0.3, 0.4) is 0 Å². The Morgan fingerprint density at radius 2 is 1.70 bits per heavy atom. The lowest BCUT2D eigenvalue weighted by Gasteiger charge is -2.26. The molecule has 33 heavy (non-hydrogen) atoms. The van der Waals surface area contributed by atoms with Crippen molar-refractivity contribution in [2.45, 2.75) is 56.2 Å². The minimum absolute atomic E-state index is 0.159. The van der Waals surface area contributed by atoms with Gasteiger partial charge in [0.1, 0.15) is 5.75 Å². The van der Waals surface area contributed by atoms with Crippen LogP contribution in [0.4, 0.5) is 0 Å². The van der Waals surface area contributed by atoms with Crippen LogP contribution >= 0.6 is 0 Å². The number of ether oxygens (including phenoxy) is 1. The molecule has 0 bridgehead atoms. The molecule has 5 rings (SSSR count). The second-order valence-electron chi connectivity index (χ2n) is 8.86. The number of carbonyl (C=O) groups excluding carboxylic acids is 1. The van der Waals surface area contributed by atoms with Crippen LogP contribution in [0.2, 0.25) is 0 Å². The summed E-state index contributed by atoms with van der Waals surface area (Å²) in [5, 5.41) is -0.0993. The van der Waals surface area contributed by atoms with Gasteiger partial charge in [0.25, 0.3) is 11.5 Å². The van der Waals surface area contributed by atoms with Crippen LogP contribution in [0.25, 0.3) is 16.6 Å². The van der Waals surface area contributed by atoms with Crippen LogP contribution in [-0.4, -0.2) is 36.0 Å². The standard InChI is InChI=1S/C24H27N3O5S/c1-32-19-10-8-18(9-11-19)27-24(29)21-15-16(23(28)25-33(30,31)20-12-13-20)7-14-22(21)26(27)17-5-3-2-4-6-17/h7-11,14-15,17,20H,2-6,12-13H2,1H3,(H,25,28). The Hall–Kier alpha value is -3.07. The highest BCUT2D eigenvalue weighted by molar-refractivity contribution is 7.91. The van der Waals surface area contributed by atoms with E-state index in [0.717, 1.165) is 31.2 Å². The number of methoxy groups -OCH3 is 1. The number of nitrogens with one attached hydrogen (secondary N) is 1. The SMILES string of the molecule is COc1ccc(-n2c(=O)c3cc(C(=O)NS(=O)(=O)C4CC4)ccc3n2C2CCCCC2)cc1. The molecule has 2 aliphatic rings. The lowest BCUT2D eigenvalue weighted by atomic mass is 9.95. The van der Waals surface area contributed by atoms with E-state index in [1.165, 1.54) is 12.5 Å². The van der Waals surface area contributed by atoms with Gasteiger partial charge in [-0.1, -0.05) is 19.3 Å². The van der Waals surface area contributed by atoms with Crippen molar-refractivity contribution in [1.82, 2.24) is 14.1 Å². The van der Waals surface area contributed by atoms with Crippen molar-refractivity contribution < 1.29 is 17.9 Å². The maximum Gasteiger partial charge on any atom is 0.279 e. The number of rotatable bonds is 6. The van der Waals surface area contributed by atoms with Crippen LogP contribution in [-0.2, 0) is 10.0 Å². The summed E-state index contributed by atoms with van der Waals surface area (Å²) in [5.41, 5.74) is 1.38. The summed E-state index contributed by atoms with van der Waals surface area (Å²) in [5.74, 6) is -0.00688. The molecule has 0 unspecified atom stereocenters.